The molecule has 0 bridgehead atoms. The van der Waals surface area contributed by atoms with Crippen molar-refractivity contribution in [3.63, 3.8) is 0 Å². The third-order valence-electron chi connectivity index (χ3n) is 4.72. The Kier molecular flexibility index (Phi) is 4.91. The molecule has 0 radical (unpaired) electrons. The first-order chi connectivity index (χ1) is 10.3. The summed E-state index contributed by atoms with van der Waals surface area (Å²) in [6.07, 6.45) is 0.857. The van der Waals surface area contributed by atoms with Crippen molar-refractivity contribution in [3.8, 4) is 0 Å². The van der Waals surface area contributed by atoms with E-state index in [0.717, 1.165) is 52.4 Å². The zero-order valence-corrected chi connectivity index (χ0v) is 12.9. The van der Waals surface area contributed by atoms with E-state index in [-0.39, 0.29) is 12.1 Å². The molecule has 1 saturated heterocycles. The number of hydrogen-bond donors (Lipinski definition) is 1. The second-order valence-corrected chi connectivity index (χ2v) is 6.08. The van der Waals surface area contributed by atoms with Gasteiger partial charge in [0.2, 0.25) is 0 Å². The van der Waals surface area contributed by atoms with Gasteiger partial charge in [-0.25, -0.2) is 0 Å². The molecular weight excluding hydrogens is 264 g/mol. The highest BCUT2D eigenvalue weighted by Crippen LogP contribution is 2.24. The minimum Gasteiger partial charge on any atom is -0.390 e. The van der Waals surface area contributed by atoms with Crippen LogP contribution in [0.2, 0.25) is 0 Å². The Morgan fingerprint density at radius 1 is 1.24 bits per heavy atom. The Morgan fingerprint density at radius 2 is 2.05 bits per heavy atom. The van der Waals surface area contributed by atoms with Gasteiger partial charge in [0.15, 0.2) is 0 Å². The van der Waals surface area contributed by atoms with Crippen molar-refractivity contribution in [2.75, 3.05) is 39.4 Å². The van der Waals surface area contributed by atoms with Crippen molar-refractivity contribution in [3.05, 3.63) is 35.4 Å². The fourth-order valence-corrected chi connectivity index (χ4v) is 3.53. The average Bonchev–Trinajstić information content (AvgIpc) is 2.88. The zero-order valence-electron chi connectivity index (χ0n) is 12.9. The van der Waals surface area contributed by atoms with Gasteiger partial charge in [0, 0.05) is 45.4 Å². The normalized spacial score (nSPS) is 27.0. The predicted octanol–water partition coefficient (Wildman–Crippen LogP) is 1.13. The van der Waals surface area contributed by atoms with Crippen LogP contribution < -0.4 is 0 Å². The molecule has 21 heavy (non-hydrogen) atoms. The molecule has 2 aliphatic rings. The minimum absolute atomic E-state index is 0.239. The number of likely N-dealkylation sites (tertiary alicyclic amines) is 1. The molecule has 4 nitrogen and oxygen atoms in total. The highest BCUT2D eigenvalue weighted by Gasteiger charge is 2.36. The molecule has 0 amide bonds. The second-order valence-electron chi connectivity index (χ2n) is 6.08. The Hall–Kier alpha value is -0.940. The molecule has 0 saturated carbocycles. The van der Waals surface area contributed by atoms with Crippen LogP contribution >= 0.6 is 0 Å². The number of aliphatic hydroxyl groups excluding tert-OH is 1. The van der Waals surface area contributed by atoms with E-state index < -0.39 is 0 Å². The lowest BCUT2D eigenvalue weighted by molar-refractivity contribution is 0.0745. The summed E-state index contributed by atoms with van der Waals surface area (Å²) in [6.45, 7) is 8.22. The van der Waals surface area contributed by atoms with Crippen molar-refractivity contribution in [2.24, 2.45) is 0 Å². The number of rotatable bonds is 5. The monoisotopic (exact) mass is 290 g/mol. The van der Waals surface area contributed by atoms with Crippen LogP contribution in [-0.2, 0) is 17.7 Å². The summed E-state index contributed by atoms with van der Waals surface area (Å²) < 4.78 is 5.42. The molecule has 116 valence electrons. The van der Waals surface area contributed by atoms with Crippen LogP contribution in [0.15, 0.2) is 24.3 Å². The topological polar surface area (TPSA) is 35.9 Å². The number of fused-ring (bicyclic) bond motifs is 1. The smallest absolute Gasteiger partial charge is 0.0834 e. The maximum Gasteiger partial charge on any atom is 0.0834 e. The van der Waals surface area contributed by atoms with Gasteiger partial charge in [-0.05, 0) is 24.5 Å². The maximum atomic E-state index is 10.4. The standard InChI is InChI=1S/C17H26N2O2/c1-2-21-10-9-18-12-16(17(20)13-18)19-8-7-14-5-3-4-6-15(14)11-19/h3-6,16-17,20H,2,7-13H2,1H3/t16-,17-/m1/s1. The highest BCUT2D eigenvalue weighted by atomic mass is 16.5. The van der Waals surface area contributed by atoms with Crippen LogP contribution in [0, 0.1) is 0 Å². The molecule has 1 N–H and O–H groups in total. The summed E-state index contributed by atoms with van der Waals surface area (Å²) in [7, 11) is 0. The highest BCUT2D eigenvalue weighted by molar-refractivity contribution is 5.29. The summed E-state index contributed by atoms with van der Waals surface area (Å²) in [6, 6.07) is 8.94. The van der Waals surface area contributed by atoms with E-state index in [4.69, 9.17) is 4.74 Å². The molecule has 2 atom stereocenters. The Balaban J connectivity index is 1.58. The van der Waals surface area contributed by atoms with E-state index in [1.54, 1.807) is 0 Å². The van der Waals surface area contributed by atoms with Gasteiger partial charge in [0.25, 0.3) is 0 Å². The third-order valence-corrected chi connectivity index (χ3v) is 4.72. The number of hydrogen-bond acceptors (Lipinski definition) is 4. The van der Waals surface area contributed by atoms with E-state index in [2.05, 4.69) is 34.1 Å². The molecule has 0 spiro atoms. The summed E-state index contributed by atoms with van der Waals surface area (Å²) in [5.74, 6) is 0. The van der Waals surface area contributed by atoms with Crippen LogP contribution in [0.1, 0.15) is 18.1 Å². The van der Waals surface area contributed by atoms with E-state index in [9.17, 15) is 5.11 Å². The third kappa shape index (κ3) is 3.46. The lowest BCUT2D eigenvalue weighted by Crippen LogP contribution is -2.45. The zero-order chi connectivity index (χ0) is 14.7. The van der Waals surface area contributed by atoms with Gasteiger partial charge in [-0.15, -0.1) is 0 Å². The summed E-state index contributed by atoms with van der Waals surface area (Å²) in [5.41, 5.74) is 2.89. The van der Waals surface area contributed by atoms with Gasteiger partial charge in [-0.1, -0.05) is 24.3 Å². The predicted molar refractivity (Wildman–Crippen MR) is 83.3 cm³/mol. The largest absolute Gasteiger partial charge is 0.390 e. The van der Waals surface area contributed by atoms with Gasteiger partial charge in [0.1, 0.15) is 0 Å². The van der Waals surface area contributed by atoms with E-state index in [1.165, 1.54) is 11.1 Å². The van der Waals surface area contributed by atoms with E-state index in [0.29, 0.717) is 0 Å². The fourth-order valence-electron chi connectivity index (χ4n) is 3.53. The fraction of sp³-hybridized carbons (Fsp3) is 0.647. The first-order valence-corrected chi connectivity index (χ1v) is 8.07. The molecule has 4 heteroatoms. The Labute approximate surface area is 127 Å². The van der Waals surface area contributed by atoms with Gasteiger partial charge < -0.3 is 9.84 Å². The quantitative estimate of drug-likeness (QED) is 0.825. The molecule has 0 aliphatic carbocycles. The molecule has 2 aliphatic heterocycles. The van der Waals surface area contributed by atoms with Gasteiger partial charge in [-0.3, -0.25) is 9.80 Å². The molecule has 1 fully saturated rings. The average molecular weight is 290 g/mol. The lowest BCUT2D eigenvalue weighted by Gasteiger charge is -2.34. The second kappa shape index (κ2) is 6.88. The molecule has 3 rings (SSSR count). The molecular formula is C17H26N2O2. The number of nitrogens with zero attached hydrogens (tertiary/aromatic N) is 2. The first kappa shape index (κ1) is 15.0. The van der Waals surface area contributed by atoms with Crippen LogP contribution in [0.5, 0.6) is 0 Å². The van der Waals surface area contributed by atoms with Crippen molar-refractivity contribution < 1.29 is 9.84 Å². The summed E-state index contributed by atoms with van der Waals surface area (Å²) >= 11 is 0. The molecule has 0 unspecified atom stereocenters. The molecule has 2 heterocycles. The van der Waals surface area contributed by atoms with Crippen LogP contribution in [0.4, 0.5) is 0 Å². The lowest BCUT2D eigenvalue weighted by atomic mass is 9.98. The van der Waals surface area contributed by atoms with E-state index >= 15 is 0 Å². The minimum atomic E-state index is -0.239. The van der Waals surface area contributed by atoms with Crippen molar-refractivity contribution in [1.29, 1.82) is 0 Å². The summed E-state index contributed by atoms with van der Waals surface area (Å²) in [5, 5.41) is 10.4. The van der Waals surface area contributed by atoms with Gasteiger partial charge >= 0.3 is 0 Å². The van der Waals surface area contributed by atoms with E-state index in [1.807, 2.05) is 6.92 Å². The summed E-state index contributed by atoms with van der Waals surface area (Å²) in [4.78, 5) is 4.78. The number of benzene rings is 1. The van der Waals surface area contributed by atoms with Crippen LogP contribution in [-0.4, -0.2) is 66.4 Å². The maximum absolute atomic E-state index is 10.4. The van der Waals surface area contributed by atoms with Crippen molar-refractivity contribution in [2.45, 2.75) is 32.0 Å². The first-order valence-electron chi connectivity index (χ1n) is 8.07. The Bertz CT molecular complexity index is 466. The van der Waals surface area contributed by atoms with Crippen molar-refractivity contribution in [1.82, 2.24) is 9.80 Å². The molecule has 1 aromatic rings. The van der Waals surface area contributed by atoms with Crippen LogP contribution in [0.3, 0.4) is 0 Å². The SMILES string of the molecule is CCOCCN1C[C@@H](O)[C@H](N2CCc3ccccc3C2)C1. The molecule has 0 aromatic heterocycles. The van der Waals surface area contributed by atoms with Gasteiger partial charge in [0.05, 0.1) is 12.7 Å². The number of β-amino-alcohol motifs (C(OH)–C–C–N with tert-alkyl or cyclic N) is 1. The Morgan fingerprint density at radius 3 is 2.86 bits per heavy atom. The van der Waals surface area contributed by atoms with Crippen molar-refractivity contribution >= 4 is 0 Å². The number of aliphatic hydroxyl groups is 1. The van der Waals surface area contributed by atoms with Crippen LogP contribution in [0.25, 0.3) is 0 Å². The number of ether oxygens (including phenoxy) is 1. The van der Waals surface area contributed by atoms with Gasteiger partial charge in [-0.2, -0.15) is 0 Å². The molecule has 1 aromatic carbocycles.